The van der Waals surface area contributed by atoms with Gasteiger partial charge in [-0.3, -0.25) is 0 Å². The number of rotatable bonds is 7. The van der Waals surface area contributed by atoms with Crippen molar-refractivity contribution in [1.29, 1.82) is 5.26 Å². The second-order valence-corrected chi connectivity index (χ2v) is 2.56. The van der Waals surface area contributed by atoms with Gasteiger partial charge in [-0.15, -0.1) is 0 Å². The van der Waals surface area contributed by atoms with Gasteiger partial charge in [0.15, 0.2) is 6.29 Å². The van der Waals surface area contributed by atoms with Crippen LogP contribution in [0.1, 0.15) is 13.8 Å². The average Bonchev–Trinajstić information content (AvgIpc) is 2.23. The Kier molecular flexibility index (Phi) is 8.43. The lowest BCUT2D eigenvalue weighted by molar-refractivity contribution is -0.131. The van der Waals surface area contributed by atoms with Crippen molar-refractivity contribution in [3.05, 3.63) is 0 Å². The highest BCUT2D eigenvalue weighted by Crippen LogP contribution is 1.92. The van der Waals surface area contributed by atoms with Crippen molar-refractivity contribution in [3.8, 4) is 6.07 Å². The summed E-state index contributed by atoms with van der Waals surface area (Å²) in [4.78, 5) is 11.0. The highest BCUT2D eigenvalue weighted by atomic mass is 16.7. The van der Waals surface area contributed by atoms with Crippen LogP contribution in [0.25, 0.3) is 0 Å². The van der Waals surface area contributed by atoms with E-state index in [-0.39, 0.29) is 13.1 Å². The smallest absolute Gasteiger partial charge is 0.315 e. The van der Waals surface area contributed by atoms with E-state index in [1.54, 1.807) is 6.07 Å². The molecule has 0 heterocycles. The largest absolute Gasteiger partial charge is 0.351 e. The number of hydrogen-bond donors (Lipinski definition) is 2. The molecule has 0 unspecified atom stereocenters. The van der Waals surface area contributed by atoms with Crippen molar-refractivity contribution < 1.29 is 14.3 Å². The van der Waals surface area contributed by atoms with Gasteiger partial charge in [-0.05, 0) is 13.8 Å². The first-order valence-electron chi connectivity index (χ1n) is 4.86. The molecule has 15 heavy (non-hydrogen) atoms. The van der Waals surface area contributed by atoms with Crippen LogP contribution >= 0.6 is 0 Å². The summed E-state index contributed by atoms with van der Waals surface area (Å²) >= 11 is 0. The van der Waals surface area contributed by atoms with E-state index < -0.39 is 12.3 Å². The van der Waals surface area contributed by atoms with Crippen LogP contribution in [0, 0.1) is 11.3 Å². The maximum absolute atomic E-state index is 11.0. The maximum Gasteiger partial charge on any atom is 0.315 e. The van der Waals surface area contributed by atoms with Crippen LogP contribution in [0.4, 0.5) is 4.79 Å². The zero-order valence-electron chi connectivity index (χ0n) is 9.08. The van der Waals surface area contributed by atoms with E-state index in [1.807, 2.05) is 13.8 Å². The molecule has 0 saturated carbocycles. The van der Waals surface area contributed by atoms with Gasteiger partial charge in [-0.1, -0.05) is 0 Å². The third-order valence-electron chi connectivity index (χ3n) is 1.46. The predicted molar refractivity (Wildman–Crippen MR) is 54.1 cm³/mol. The number of carbonyl (C=O) groups excluding carboxylic acids is 1. The molecule has 0 saturated heterocycles. The molecule has 0 fully saturated rings. The van der Waals surface area contributed by atoms with Crippen molar-refractivity contribution in [2.75, 3.05) is 26.3 Å². The number of carbonyl (C=O) groups is 1. The van der Waals surface area contributed by atoms with Gasteiger partial charge in [0, 0.05) is 13.2 Å². The molecule has 0 atom stereocenters. The van der Waals surface area contributed by atoms with Crippen molar-refractivity contribution in [3.63, 3.8) is 0 Å². The number of urea groups is 1. The Labute approximate surface area is 89.5 Å². The van der Waals surface area contributed by atoms with Gasteiger partial charge in [0.1, 0.15) is 6.54 Å². The first-order valence-corrected chi connectivity index (χ1v) is 4.86. The molecule has 6 nitrogen and oxygen atoms in total. The summed E-state index contributed by atoms with van der Waals surface area (Å²) < 4.78 is 10.4. The van der Waals surface area contributed by atoms with Gasteiger partial charge >= 0.3 is 6.03 Å². The number of ether oxygens (including phenoxy) is 2. The fourth-order valence-electron chi connectivity index (χ4n) is 0.896. The van der Waals surface area contributed by atoms with Crippen LogP contribution in [-0.4, -0.2) is 38.6 Å². The first-order chi connectivity index (χ1) is 7.24. The lowest BCUT2D eigenvalue weighted by Gasteiger charge is -2.17. The minimum Gasteiger partial charge on any atom is -0.351 e. The highest BCUT2D eigenvalue weighted by Gasteiger charge is 2.08. The Morgan fingerprint density at radius 1 is 1.33 bits per heavy atom. The third-order valence-corrected chi connectivity index (χ3v) is 1.46. The molecule has 0 aliphatic heterocycles. The van der Waals surface area contributed by atoms with E-state index in [0.717, 1.165) is 0 Å². The molecule has 2 amide bonds. The Hall–Kier alpha value is -1.32. The minimum absolute atomic E-state index is 0.0141. The van der Waals surface area contributed by atoms with Crippen LogP contribution in [0.5, 0.6) is 0 Å². The number of amides is 2. The van der Waals surface area contributed by atoms with Gasteiger partial charge in [0.05, 0.1) is 12.6 Å². The molecule has 0 rings (SSSR count). The molecule has 0 aliphatic rings. The molecular weight excluding hydrogens is 198 g/mol. The summed E-state index contributed by atoms with van der Waals surface area (Å²) in [6.45, 7) is 4.99. The van der Waals surface area contributed by atoms with Gasteiger partial charge < -0.3 is 20.1 Å². The molecule has 0 bridgehead atoms. The average molecular weight is 215 g/mol. The number of nitrogens with one attached hydrogen (secondary N) is 2. The summed E-state index contributed by atoms with van der Waals surface area (Å²) in [5, 5.41) is 13.1. The second-order valence-electron chi connectivity index (χ2n) is 2.56. The fraction of sp³-hybridized carbons (Fsp3) is 0.778. The van der Waals surface area contributed by atoms with E-state index >= 15 is 0 Å². The zero-order chi connectivity index (χ0) is 11.5. The van der Waals surface area contributed by atoms with Gasteiger partial charge in [-0.2, -0.15) is 5.26 Å². The summed E-state index contributed by atoms with van der Waals surface area (Å²) in [6.07, 6.45) is -0.437. The summed E-state index contributed by atoms with van der Waals surface area (Å²) in [5.41, 5.74) is 0. The van der Waals surface area contributed by atoms with Crippen LogP contribution in [0.15, 0.2) is 0 Å². The lowest BCUT2D eigenvalue weighted by atomic mass is 10.6. The van der Waals surface area contributed by atoms with E-state index in [4.69, 9.17) is 14.7 Å². The molecule has 0 aromatic carbocycles. The zero-order valence-corrected chi connectivity index (χ0v) is 9.08. The molecule has 0 aromatic rings. The summed E-state index contributed by atoms with van der Waals surface area (Å²) in [7, 11) is 0. The Bertz CT molecular complexity index is 209. The van der Waals surface area contributed by atoms with Crippen molar-refractivity contribution in [2.45, 2.75) is 20.1 Å². The third kappa shape index (κ3) is 7.73. The molecule has 0 spiro atoms. The normalized spacial score (nSPS) is 9.73. The molecule has 86 valence electrons. The van der Waals surface area contributed by atoms with Crippen molar-refractivity contribution in [1.82, 2.24) is 10.6 Å². The van der Waals surface area contributed by atoms with Gasteiger partial charge in [0.25, 0.3) is 0 Å². The predicted octanol–water partition coefficient (Wildman–Crippen LogP) is 0.208. The Morgan fingerprint density at radius 3 is 2.40 bits per heavy atom. The van der Waals surface area contributed by atoms with Crippen LogP contribution in [0.2, 0.25) is 0 Å². The number of hydrogen-bond acceptors (Lipinski definition) is 4. The summed E-state index contributed by atoms with van der Waals surface area (Å²) in [6, 6.07) is 1.40. The Balaban J connectivity index is 3.68. The van der Waals surface area contributed by atoms with Gasteiger partial charge in [0.2, 0.25) is 0 Å². The van der Waals surface area contributed by atoms with E-state index in [9.17, 15) is 4.79 Å². The molecular formula is C9H17N3O3. The molecule has 0 aliphatic carbocycles. The fourth-order valence-corrected chi connectivity index (χ4v) is 0.896. The quantitative estimate of drug-likeness (QED) is 0.469. The second kappa shape index (κ2) is 9.24. The maximum atomic E-state index is 11.0. The van der Waals surface area contributed by atoms with E-state index in [0.29, 0.717) is 13.2 Å². The van der Waals surface area contributed by atoms with E-state index in [2.05, 4.69) is 10.6 Å². The standard InChI is InChI=1S/C9H17N3O3/c1-3-14-8(15-4-2)7-12-9(13)11-6-5-10/h8H,3-4,6-7H2,1-2H3,(H2,11,12,13). The minimum atomic E-state index is -0.437. The molecule has 2 N–H and O–H groups in total. The Morgan fingerprint density at radius 2 is 1.93 bits per heavy atom. The highest BCUT2D eigenvalue weighted by molar-refractivity contribution is 5.73. The monoisotopic (exact) mass is 215 g/mol. The van der Waals surface area contributed by atoms with Crippen LogP contribution in [0.3, 0.4) is 0 Å². The van der Waals surface area contributed by atoms with E-state index in [1.165, 1.54) is 0 Å². The van der Waals surface area contributed by atoms with Crippen LogP contribution in [-0.2, 0) is 9.47 Å². The molecule has 0 radical (unpaired) electrons. The first kappa shape index (κ1) is 13.7. The molecule has 6 heteroatoms. The number of nitrogens with zero attached hydrogens (tertiary/aromatic N) is 1. The summed E-state index contributed by atoms with van der Waals surface area (Å²) in [5.74, 6) is 0. The van der Waals surface area contributed by atoms with Gasteiger partial charge in [-0.25, -0.2) is 4.79 Å². The SMILES string of the molecule is CCOC(CNC(=O)NCC#N)OCC. The number of nitriles is 1. The topological polar surface area (TPSA) is 83.4 Å². The van der Waals surface area contributed by atoms with Crippen molar-refractivity contribution >= 4 is 6.03 Å². The lowest BCUT2D eigenvalue weighted by Crippen LogP contribution is -2.41. The van der Waals surface area contributed by atoms with Crippen molar-refractivity contribution in [2.24, 2.45) is 0 Å². The van der Waals surface area contributed by atoms with Crippen LogP contribution < -0.4 is 10.6 Å². The molecule has 0 aromatic heterocycles.